The minimum Gasteiger partial charge on any atom is -0.328 e. The number of nitrogens with two attached hydrogens (primary N) is 1. The van der Waals surface area contributed by atoms with E-state index in [0.717, 1.165) is 10.3 Å². The van der Waals surface area contributed by atoms with Crippen LogP contribution in [0.5, 0.6) is 0 Å². The molecule has 2 rings (SSSR count). The minimum absolute atomic E-state index is 0.198. The Morgan fingerprint density at radius 2 is 2.47 bits per heavy atom. The molecule has 0 saturated carbocycles. The highest BCUT2D eigenvalue weighted by Crippen LogP contribution is 2.28. The van der Waals surface area contributed by atoms with Gasteiger partial charge in [0.1, 0.15) is 5.82 Å². The van der Waals surface area contributed by atoms with Gasteiger partial charge in [0.2, 0.25) is 0 Å². The molecule has 1 atom stereocenters. The summed E-state index contributed by atoms with van der Waals surface area (Å²) in [4.78, 5) is 5.47. The van der Waals surface area contributed by atoms with Gasteiger partial charge in [-0.1, -0.05) is 0 Å². The summed E-state index contributed by atoms with van der Waals surface area (Å²) in [6.07, 6.45) is 3.78. The van der Waals surface area contributed by atoms with Crippen molar-refractivity contribution in [2.45, 2.75) is 13.0 Å². The van der Waals surface area contributed by atoms with E-state index in [9.17, 15) is 0 Å². The third kappa shape index (κ3) is 2.14. The number of hydrogen-bond acceptors (Lipinski definition) is 3. The fourth-order valence-electron chi connectivity index (χ4n) is 1.59. The maximum atomic E-state index is 5.82. The van der Waals surface area contributed by atoms with Gasteiger partial charge < -0.3 is 10.3 Å². The fourth-order valence-corrected chi connectivity index (χ4v) is 3.14. The van der Waals surface area contributed by atoms with Gasteiger partial charge in [-0.2, -0.15) is 0 Å². The number of aryl methyl sites for hydroxylation is 1. The van der Waals surface area contributed by atoms with Gasteiger partial charge in [0.25, 0.3) is 0 Å². The van der Waals surface area contributed by atoms with Gasteiger partial charge in [0, 0.05) is 33.7 Å². The second-order valence-corrected chi connectivity index (χ2v) is 5.16. The van der Waals surface area contributed by atoms with E-state index in [1.807, 2.05) is 13.1 Å². The zero-order valence-electron chi connectivity index (χ0n) is 8.35. The summed E-state index contributed by atoms with van der Waals surface area (Å²) in [5.41, 5.74) is 5.82. The van der Waals surface area contributed by atoms with Crippen LogP contribution in [0.25, 0.3) is 0 Å². The van der Waals surface area contributed by atoms with E-state index in [-0.39, 0.29) is 6.04 Å². The van der Waals surface area contributed by atoms with Gasteiger partial charge in [-0.25, -0.2) is 4.98 Å². The molecule has 0 aliphatic heterocycles. The van der Waals surface area contributed by atoms with E-state index >= 15 is 0 Å². The minimum atomic E-state index is 0.198. The van der Waals surface area contributed by atoms with Crippen molar-refractivity contribution >= 4 is 27.3 Å². The van der Waals surface area contributed by atoms with E-state index < -0.39 is 0 Å². The van der Waals surface area contributed by atoms with E-state index in [0.29, 0.717) is 6.54 Å². The van der Waals surface area contributed by atoms with Crippen LogP contribution >= 0.6 is 27.3 Å². The molecule has 15 heavy (non-hydrogen) atoms. The van der Waals surface area contributed by atoms with Crippen LogP contribution in [-0.2, 0) is 0 Å². The quantitative estimate of drug-likeness (QED) is 0.942. The Kier molecular flexibility index (Phi) is 3.23. The first-order valence-corrected chi connectivity index (χ1v) is 6.33. The average Bonchev–Trinajstić information content (AvgIpc) is 2.79. The number of thiophene rings is 1. The Labute approximate surface area is 101 Å². The first kappa shape index (κ1) is 10.9. The SMILES string of the molecule is Cc1nccn1C(CN)c1cc(Br)cs1. The van der Waals surface area contributed by atoms with Crippen LogP contribution in [-0.4, -0.2) is 16.1 Å². The lowest BCUT2D eigenvalue weighted by Crippen LogP contribution is -2.19. The highest BCUT2D eigenvalue weighted by Gasteiger charge is 2.15. The molecule has 3 nitrogen and oxygen atoms in total. The van der Waals surface area contributed by atoms with Gasteiger partial charge in [-0.15, -0.1) is 11.3 Å². The van der Waals surface area contributed by atoms with Crippen LogP contribution in [0.1, 0.15) is 16.7 Å². The van der Waals surface area contributed by atoms with Gasteiger partial charge in [-0.3, -0.25) is 0 Å². The summed E-state index contributed by atoms with van der Waals surface area (Å²) < 4.78 is 3.22. The normalized spacial score (nSPS) is 13.0. The van der Waals surface area contributed by atoms with E-state index in [1.54, 1.807) is 17.5 Å². The summed E-state index contributed by atoms with van der Waals surface area (Å²) in [6.45, 7) is 2.58. The zero-order chi connectivity index (χ0) is 10.8. The molecule has 2 heterocycles. The highest BCUT2D eigenvalue weighted by atomic mass is 79.9. The third-order valence-electron chi connectivity index (χ3n) is 2.34. The van der Waals surface area contributed by atoms with E-state index in [2.05, 4.69) is 36.9 Å². The zero-order valence-corrected chi connectivity index (χ0v) is 10.8. The molecule has 0 aliphatic carbocycles. The molecular formula is C10H12BrN3S. The molecule has 1 unspecified atom stereocenters. The van der Waals surface area contributed by atoms with Gasteiger partial charge >= 0.3 is 0 Å². The van der Waals surface area contributed by atoms with Crippen LogP contribution in [0, 0.1) is 6.92 Å². The molecule has 0 aliphatic rings. The van der Waals surface area contributed by atoms with Crippen molar-refractivity contribution < 1.29 is 0 Å². The molecular weight excluding hydrogens is 274 g/mol. The summed E-state index contributed by atoms with van der Waals surface area (Å²) >= 11 is 5.17. The first-order chi connectivity index (χ1) is 7.22. The molecule has 80 valence electrons. The molecule has 0 saturated heterocycles. The van der Waals surface area contributed by atoms with E-state index in [1.165, 1.54) is 4.88 Å². The number of hydrogen-bond donors (Lipinski definition) is 1. The van der Waals surface area contributed by atoms with Crippen LogP contribution in [0.3, 0.4) is 0 Å². The molecule has 0 fully saturated rings. The first-order valence-electron chi connectivity index (χ1n) is 4.66. The Bertz CT molecular complexity index is 449. The number of rotatable bonds is 3. The second kappa shape index (κ2) is 4.47. The Morgan fingerprint density at radius 3 is 2.93 bits per heavy atom. The molecule has 2 N–H and O–H groups in total. The number of aromatic nitrogens is 2. The van der Waals surface area contributed by atoms with Gasteiger partial charge in [0.15, 0.2) is 0 Å². The second-order valence-electron chi connectivity index (χ2n) is 3.30. The van der Waals surface area contributed by atoms with Gasteiger partial charge in [-0.05, 0) is 28.9 Å². The monoisotopic (exact) mass is 285 g/mol. The average molecular weight is 286 g/mol. The summed E-state index contributed by atoms with van der Waals surface area (Å²) in [7, 11) is 0. The maximum Gasteiger partial charge on any atom is 0.106 e. The van der Waals surface area contributed by atoms with Crippen LogP contribution in [0.2, 0.25) is 0 Å². The standard InChI is InChI=1S/C10H12BrN3S/c1-7-13-2-3-14(7)9(5-12)10-4-8(11)6-15-10/h2-4,6,9H,5,12H2,1H3. The summed E-state index contributed by atoms with van der Waals surface area (Å²) in [5, 5.41) is 2.07. The summed E-state index contributed by atoms with van der Waals surface area (Å²) in [5.74, 6) is 0.995. The molecule has 2 aromatic heterocycles. The predicted octanol–water partition coefficient (Wildman–Crippen LogP) is 2.56. The number of halogens is 1. The van der Waals surface area contributed by atoms with Gasteiger partial charge in [0.05, 0.1) is 6.04 Å². The van der Waals surface area contributed by atoms with Crippen LogP contribution in [0.15, 0.2) is 28.3 Å². The van der Waals surface area contributed by atoms with Crippen molar-refractivity contribution in [3.8, 4) is 0 Å². The molecule has 0 aromatic carbocycles. The van der Waals surface area contributed by atoms with Crippen molar-refractivity contribution in [1.29, 1.82) is 0 Å². The highest BCUT2D eigenvalue weighted by molar-refractivity contribution is 9.10. The molecule has 0 bridgehead atoms. The topological polar surface area (TPSA) is 43.8 Å². The lowest BCUT2D eigenvalue weighted by Gasteiger charge is -2.16. The van der Waals surface area contributed by atoms with Crippen LogP contribution in [0.4, 0.5) is 0 Å². The number of imidazole rings is 1. The Balaban J connectivity index is 2.36. The number of nitrogens with zero attached hydrogens (tertiary/aromatic N) is 2. The maximum absolute atomic E-state index is 5.82. The molecule has 0 spiro atoms. The lowest BCUT2D eigenvalue weighted by molar-refractivity contribution is 0.587. The Morgan fingerprint density at radius 1 is 1.67 bits per heavy atom. The van der Waals surface area contributed by atoms with Crippen molar-refractivity contribution in [3.05, 3.63) is 39.0 Å². The van der Waals surface area contributed by atoms with Crippen molar-refractivity contribution in [1.82, 2.24) is 9.55 Å². The van der Waals surface area contributed by atoms with Crippen molar-refractivity contribution in [2.24, 2.45) is 5.73 Å². The van der Waals surface area contributed by atoms with Crippen molar-refractivity contribution in [2.75, 3.05) is 6.54 Å². The lowest BCUT2D eigenvalue weighted by atomic mass is 10.2. The summed E-state index contributed by atoms with van der Waals surface area (Å²) in [6, 6.07) is 2.31. The van der Waals surface area contributed by atoms with Crippen LogP contribution < -0.4 is 5.73 Å². The molecule has 0 amide bonds. The Hall–Kier alpha value is -0.650. The molecule has 2 aromatic rings. The largest absolute Gasteiger partial charge is 0.328 e. The van der Waals surface area contributed by atoms with E-state index in [4.69, 9.17) is 5.73 Å². The molecule has 0 radical (unpaired) electrons. The smallest absolute Gasteiger partial charge is 0.106 e. The fraction of sp³-hybridized carbons (Fsp3) is 0.300. The molecule has 5 heteroatoms. The van der Waals surface area contributed by atoms with Crippen molar-refractivity contribution in [3.63, 3.8) is 0 Å². The predicted molar refractivity (Wildman–Crippen MR) is 66.2 cm³/mol. The third-order valence-corrected chi connectivity index (χ3v) is 4.13.